The molecule has 0 aliphatic carbocycles. The number of halogens is 2. The Morgan fingerprint density at radius 2 is 1.94 bits per heavy atom. The van der Waals surface area contributed by atoms with Crippen LogP contribution < -0.4 is 0 Å². The molecule has 0 N–H and O–H groups in total. The summed E-state index contributed by atoms with van der Waals surface area (Å²) < 4.78 is 13.0. The molecule has 0 aliphatic heterocycles. The standard InChI is InChI=1S/C11H9ClFN.C2H6/c1-7-4-8(6-12)10-5-9(13)2-3-11(10)14-7;1-2/h2-5H,6H2,1H3;1-2H3. The fourth-order valence-corrected chi connectivity index (χ4v) is 1.75. The zero-order valence-corrected chi connectivity index (χ0v) is 10.5. The van der Waals surface area contributed by atoms with E-state index in [0.717, 1.165) is 22.2 Å². The summed E-state index contributed by atoms with van der Waals surface area (Å²) in [5.74, 6) is 0.123. The Bertz CT molecular complexity index is 483. The summed E-state index contributed by atoms with van der Waals surface area (Å²) in [6.07, 6.45) is 0. The minimum Gasteiger partial charge on any atom is -0.253 e. The maximum atomic E-state index is 13.0. The van der Waals surface area contributed by atoms with Crippen LogP contribution in [0.15, 0.2) is 24.3 Å². The van der Waals surface area contributed by atoms with Crippen LogP contribution >= 0.6 is 11.6 Å². The first-order chi connectivity index (χ1) is 7.70. The third-order valence-corrected chi connectivity index (χ3v) is 2.42. The molecule has 0 spiro atoms. The van der Waals surface area contributed by atoms with Crippen LogP contribution in [0, 0.1) is 12.7 Å². The zero-order chi connectivity index (χ0) is 12.1. The molecule has 1 heterocycles. The van der Waals surface area contributed by atoms with E-state index < -0.39 is 0 Å². The summed E-state index contributed by atoms with van der Waals surface area (Å²) in [4.78, 5) is 4.30. The van der Waals surface area contributed by atoms with Gasteiger partial charge >= 0.3 is 0 Å². The van der Waals surface area contributed by atoms with Gasteiger partial charge in [0, 0.05) is 17.0 Å². The van der Waals surface area contributed by atoms with Gasteiger partial charge in [-0.15, -0.1) is 11.6 Å². The van der Waals surface area contributed by atoms with E-state index in [2.05, 4.69) is 4.98 Å². The lowest BCUT2D eigenvalue weighted by atomic mass is 10.1. The Morgan fingerprint density at radius 3 is 2.56 bits per heavy atom. The molecule has 0 radical (unpaired) electrons. The van der Waals surface area contributed by atoms with Crippen molar-refractivity contribution in [2.75, 3.05) is 0 Å². The van der Waals surface area contributed by atoms with E-state index in [1.54, 1.807) is 6.07 Å². The van der Waals surface area contributed by atoms with Crippen molar-refractivity contribution in [1.82, 2.24) is 4.98 Å². The zero-order valence-electron chi connectivity index (χ0n) is 9.72. The number of benzene rings is 1. The molecule has 0 fully saturated rings. The third kappa shape index (κ3) is 2.70. The van der Waals surface area contributed by atoms with Crippen molar-refractivity contribution in [1.29, 1.82) is 0 Å². The lowest BCUT2D eigenvalue weighted by Gasteiger charge is -2.04. The highest BCUT2D eigenvalue weighted by molar-refractivity contribution is 6.18. The largest absolute Gasteiger partial charge is 0.253 e. The molecule has 2 rings (SSSR count). The number of aryl methyl sites for hydroxylation is 1. The normalized spacial score (nSPS) is 9.81. The molecule has 0 aliphatic rings. The van der Waals surface area contributed by atoms with Crippen molar-refractivity contribution in [2.45, 2.75) is 26.7 Å². The lowest BCUT2D eigenvalue weighted by molar-refractivity contribution is 0.629. The molecule has 1 nitrogen and oxygen atoms in total. The minimum atomic E-state index is -0.255. The van der Waals surface area contributed by atoms with E-state index >= 15 is 0 Å². The lowest BCUT2D eigenvalue weighted by Crippen LogP contribution is -1.90. The molecule has 1 aromatic carbocycles. The molecule has 1 aromatic heterocycles. The maximum Gasteiger partial charge on any atom is 0.123 e. The van der Waals surface area contributed by atoms with Gasteiger partial charge in [0.25, 0.3) is 0 Å². The van der Waals surface area contributed by atoms with Crippen molar-refractivity contribution in [2.24, 2.45) is 0 Å². The molecule has 0 saturated carbocycles. The van der Waals surface area contributed by atoms with Crippen LogP contribution in [0.3, 0.4) is 0 Å². The van der Waals surface area contributed by atoms with Gasteiger partial charge < -0.3 is 0 Å². The monoisotopic (exact) mass is 239 g/mol. The number of hydrogen-bond acceptors (Lipinski definition) is 1. The number of rotatable bonds is 1. The highest BCUT2D eigenvalue weighted by Gasteiger charge is 2.03. The van der Waals surface area contributed by atoms with Crippen LogP contribution in [0.4, 0.5) is 4.39 Å². The Labute approximate surface area is 100 Å². The average molecular weight is 240 g/mol. The van der Waals surface area contributed by atoms with Crippen LogP contribution in [0.25, 0.3) is 10.9 Å². The van der Waals surface area contributed by atoms with Crippen LogP contribution in [0.5, 0.6) is 0 Å². The number of alkyl halides is 1. The third-order valence-electron chi connectivity index (χ3n) is 2.13. The van der Waals surface area contributed by atoms with Crippen LogP contribution in [-0.2, 0) is 5.88 Å². The smallest absolute Gasteiger partial charge is 0.123 e. The Hall–Kier alpha value is -1.15. The fraction of sp³-hybridized carbons (Fsp3) is 0.308. The van der Waals surface area contributed by atoms with Gasteiger partial charge in [0.2, 0.25) is 0 Å². The SMILES string of the molecule is CC.Cc1cc(CCl)c2cc(F)ccc2n1. The van der Waals surface area contributed by atoms with Crippen LogP contribution in [-0.4, -0.2) is 4.98 Å². The second-order valence-corrected chi connectivity index (χ2v) is 3.49. The predicted octanol–water partition coefficient (Wildman–Crippen LogP) is 4.45. The highest BCUT2D eigenvalue weighted by atomic mass is 35.5. The van der Waals surface area contributed by atoms with Crippen molar-refractivity contribution in [3.05, 3.63) is 41.3 Å². The minimum absolute atomic E-state index is 0.255. The topological polar surface area (TPSA) is 12.9 Å². The summed E-state index contributed by atoms with van der Waals surface area (Å²) in [7, 11) is 0. The first kappa shape index (κ1) is 12.9. The Balaban J connectivity index is 0.000000606. The van der Waals surface area contributed by atoms with E-state index in [4.69, 9.17) is 11.6 Å². The molecular weight excluding hydrogens is 225 g/mol. The van der Waals surface area contributed by atoms with Gasteiger partial charge in [-0.05, 0) is 36.8 Å². The van der Waals surface area contributed by atoms with E-state index in [9.17, 15) is 4.39 Å². The molecule has 0 amide bonds. The number of pyridine rings is 1. The van der Waals surface area contributed by atoms with E-state index in [1.165, 1.54) is 12.1 Å². The number of fused-ring (bicyclic) bond motifs is 1. The average Bonchev–Trinajstić information content (AvgIpc) is 2.31. The Kier molecular flexibility index (Phi) is 4.69. The summed E-state index contributed by atoms with van der Waals surface area (Å²) in [6.45, 7) is 5.90. The van der Waals surface area contributed by atoms with Crippen LogP contribution in [0.1, 0.15) is 25.1 Å². The van der Waals surface area contributed by atoms with Gasteiger partial charge in [-0.2, -0.15) is 0 Å². The van der Waals surface area contributed by atoms with Gasteiger partial charge in [-0.25, -0.2) is 4.39 Å². The Morgan fingerprint density at radius 1 is 1.25 bits per heavy atom. The number of hydrogen-bond donors (Lipinski definition) is 0. The van der Waals surface area contributed by atoms with Crippen molar-refractivity contribution in [3.8, 4) is 0 Å². The molecule has 0 bridgehead atoms. The molecule has 0 unspecified atom stereocenters. The van der Waals surface area contributed by atoms with Gasteiger partial charge in [0.15, 0.2) is 0 Å². The molecule has 86 valence electrons. The second-order valence-electron chi connectivity index (χ2n) is 3.22. The van der Waals surface area contributed by atoms with Gasteiger partial charge in [-0.3, -0.25) is 4.98 Å². The molecule has 3 heteroatoms. The quantitative estimate of drug-likeness (QED) is 0.670. The predicted molar refractivity (Wildman–Crippen MR) is 67.3 cm³/mol. The summed E-state index contributed by atoms with van der Waals surface area (Å²) >= 11 is 5.78. The highest BCUT2D eigenvalue weighted by Crippen LogP contribution is 2.20. The van der Waals surface area contributed by atoms with Crippen LogP contribution in [0.2, 0.25) is 0 Å². The summed E-state index contributed by atoms with van der Waals surface area (Å²) in [6, 6.07) is 6.44. The fourth-order valence-electron chi connectivity index (χ4n) is 1.53. The van der Waals surface area contributed by atoms with E-state index in [1.807, 2.05) is 26.8 Å². The summed E-state index contributed by atoms with van der Waals surface area (Å²) in [5.41, 5.74) is 2.62. The van der Waals surface area contributed by atoms with Crippen molar-refractivity contribution in [3.63, 3.8) is 0 Å². The van der Waals surface area contributed by atoms with E-state index in [0.29, 0.717) is 5.88 Å². The van der Waals surface area contributed by atoms with Crippen molar-refractivity contribution >= 4 is 22.5 Å². The van der Waals surface area contributed by atoms with E-state index in [-0.39, 0.29) is 5.82 Å². The van der Waals surface area contributed by atoms with Crippen molar-refractivity contribution < 1.29 is 4.39 Å². The molecular formula is C13H15ClFN. The number of aromatic nitrogens is 1. The molecule has 2 aromatic rings. The molecule has 0 atom stereocenters. The number of nitrogens with zero attached hydrogens (tertiary/aromatic N) is 1. The van der Waals surface area contributed by atoms with Gasteiger partial charge in [0.1, 0.15) is 5.82 Å². The molecule has 16 heavy (non-hydrogen) atoms. The first-order valence-corrected chi connectivity index (χ1v) is 5.86. The first-order valence-electron chi connectivity index (χ1n) is 5.32. The second kappa shape index (κ2) is 5.80. The van der Waals surface area contributed by atoms with Gasteiger partial charge in [0.05, 0.1) is 5.52 Å². The maximum absolute atomic E-state index is 13.0. The van der Waals surface area contributed by atoms with Gasteiger partial charge in [-0.1, -0.05) is 13.8 Å². The summed E-state index contributed by atoms with van der Waals surface area (Å²) in [5, 5.41) is 0.797. The molecule has 0 saturated heterocycles.